The summed E-state index contributed by atoms with van der Waals surface area (Å²) in [6.45, 7) is 3.94. The van der Waals surface area contributed by atoms with Crippen LogP contribution in [0, 0.1) is 0 Å². The molecule has 2 N–H and O–H groups in total. The SMILES string of the molecule is CC[C@H](C)NC(=O)c1ccc(NC(=O)c2ccn(C)c(=O)c2)cc1. The number of aryl methyl sites for hydroxylation is 1. The van der Waals surface area contributed by atoms with Crippen LogP contribution in [-0.2, 0) is 7.05 Å². The largest absolute Gasteiger partial charge is 0.350 e. The lowest BCUT2D eigenvalue weighted by molar-refractivity contribution is 0.0938. The maximum absolute atomic E-state index is 12.1. The average molecular weight is 327 g/mol. The number of carbonyl (C=O) groups excluding carboxylic acids is 2. The van der Waals surface area contributed by atoms with Crippen LogP contribution < -0.4 is 16.2 Å². The van der Waals surface area contributed by atoms with Crippen LogP contribution in [0.15, 0.2) is 47.4 Å². The molecule has 0 radical (unpaired) electrons. The molecule has 0 aliphatic heterocycles. The van der Waals surface area contributed by atoms with Crippen molar-refractivity contribution in [3.8, 4) is 0 Å². The molecule has 1 aromatic heterocycles. The highest BCUT2D eigenvalue weighted by Gasteiger charge is 2.10. The predicted molar refractivity (Wildman–Crippen MR) is 93.3 cm³/mol. The number of hydrogen-bond acceptors (Lipinski definition) is 3. The second-order valence-electron chi connectivity index (χ2n) is 5.68. The van der Waals surface area contributed by atoms with E-state index in [0.717, 1.165) is 6.42 Å². The van der Waals surface area contributed by atoms with Gasteiger partial charge in [0.25, 0.3) is 17.4 Å². The summed E-state index contributed by atoms with van der Waals surface area (Å²) in [7, 11) is 1.62. The van der Waals surface area contributed by atoms with Gasteiger partial charge < -0.3 is 15.2 Å². The zero-order valence-corrected chi connectivity index (χ0v) is 14.0. The molecule has 1 atom stereocenters. The zero-order chi connectivity index (χ0) is 17.7. The Morgan fingerprint density at radius 2 is 1.75 bits per heavy atom. The summed E-state index contributed by atoms with van der Waals surface area (Å²) in [6.07, 6.45) is 2.40. The molecule has 0 bridgehead atoms. The highest BCUT2D eigenvalue weighted by Crippen LogP contribution is 2.11. The smallest absolute Gasteiger partial charge is 0.255 e. The lowest BCUT2D eigenvalue weighted by Gasteiger charge is -2.12. The van der Waals surface area contributed by atoms with Gasteiger partial charge in [-0.2, -0.15) is 0 Å². The van der Waals surface area contributed by atoms with Crippen LogP contribution in [0.25, 0.3) is 0 Å². The summed E-state index contributed by atoms with van der Waals surface area (Å²) < 4.78 is 1.39. The number of nitrogens with zero attached hydrogens (tertiary/aromatic N) is 1. The van der Waals surface area contributed by atoms with E-state index in [-0.39, 0.29) is 29.0 Å². The normalized spacial score (nSPS) is 11.6. The summed E-state index contributed by atoms with van der Waals surface area (Å²) in [4.78, 5) is 35.7. The number of aromatic nitrogens is 1. The van der Waals surface area contributed by atoms with Gasteiger partial charge >= 0.3 is 0 Å². The lowest BCUT2D eigenvalue weighted by atomic mass is 10.1. The molecule has 0 fully saturated rings. The van der Waals surface area contributed by atoms with Gasteiger partial charge in [-0.3, -0.25) is 14.4 Å². The molecule has 0 aliphatic carbocycles. The molecule has 2 amide bonds. The van der Waals surface area contributed by atoms with E-state index >= 15 is 0 Å². The Balaban J connectivity index is 2.05. The fourth-order valence-electron chi connectivity index (χ4n) is 2.01. The molecule has 2 aromatic rings. The van der Waals surface area contributed by atoms with E-state index in [1.54, 1.807) is 43.6 Å². The van der Waals surface area contributed by atoms with Crippen LogP contribution >= 0.6 is 0 Å². The van der Waals surface area contributed by atoms with Crippen molar-refractivity contribution in [2.75, 3.05) is 5.32 Å². The number of carbonyl (C=O) groups is 2. The Morgan fingerprint density at radius 3 is 2.33 bits per heavy atom. The third-order valence-corrected chi connectivity index (χ3v) is 3.76. The Kier molecular flexibility index (Phi) is 5.52. The van der Waals surface area contributed by atoms with Crippen molar-refractivity contribution in [2.24, 2.45) is 7.05 Å². The van der Waals surface area contributed by atoms with Crippen molar-refractivity contribution < 1.29 is 9.59 Å². The molecule has 0 aliphatic rings. The zero-order valence-electron chi connectivity index (χ0n) is 14.0. The van der Waals surface area contributed by atoms with Gasteiger partial charge in [-0.1, -0.05) is 6.92 Å². The number of nitrogens with one attached hydrogen (secondary N) is 2. The molecule has 2 rings (SSSR count). The number of pyridine rings is 1. The summed E-state index contributed by atoms with van der Waals surface area (Å²) in [6, 6.07) is 9.58. The van der Waals surface area contributed by atoms with Crippen molar-refractivity contribution >= 4 is 17.5 Å². The Bertz CT molecular complexity index is 794. The van der Waals surface area contributed by atoms with Gasteiger partial charge in [0.05, 0.1) is 0 Å². The minimum atomic E-state index is -0.371. The first-order chi connectivity index (χ1) is 11.4. The maximum Gasteiger partial charge on any atom is 0.255 e. The van der Waals surface area contributed by atoms with Crippen molar-refractivity contribution in [2.45, 2.75) is 26.3 Å². The minimum Gasteiger partial charge on any atom is -0.350 e. The summed E-state index contributed by atoms with van der Waals surface area (Å²) in [5.74, 6) is -0.515. The van der Waals surface area contributed by atoms with Crippen LogP contribution in [0.4, 0.5) is 5.69 Å². The van der Waals surface area contributed by atoms with Crippen LogP contribution in [0.2, 0.25) is 0 Å². The molecule has 6 nitrogen and oxygen atoms in total. The molecular weight excluding hydrogens is 306 g/mol. The minimum absolute atomic E-state index is 0.109. The Morgan fingerprint density at radius 1 is 1.08 bits per heavy atom. The molecule has 0 spiro atoms. The van der Waals surface area contributed by atoms with Crippen LogP contribution in [0.3, 0.4) is 0 Å². The number of anilines is 1. The molecule has 0 saturated heterocycles. The van der Waals surface area contributed by atoms with Gasteiger partial charge in [-0.25, -0.2) is 0 Å². The van der Waals surface area contributed by atoms with Gasteiger partial charge in [-0.05, 0) is 43.7 Å². The lowest BCUT2D eigenvalue weighted by Crippen LogP contribution is -2.31. The maximum atomic E-state index is 12.1. The monoisotopic (exact) mass is 327 g/mol. The fraction of sp³-hybridized carbons (Fsp3) is 0.278. The molecule has 6 heteroatoms. The van der Waals surface area contributed by atoms with Gasteiger partial charge in [0.1, 0.15) is 0 Å². The number of rotatable bonds is 5. The summed E-state index contributed by atoms with van der Waals surface area (Å²) in [5.41, 5.74) is 1.12. The van der Waals surface area contributed by atoms with E-state index in [9.17, 15) is 14.4 Å². The summed E-state index contributed by atoms with van der Waals surface area (Å²) >= 11 is 0. The Hall–Kier alpha value is -2.89. The van der Waals surface area contributed by atoms with Crippen LogP contribution in [0.5, 0.6) is 0 Å². The third-order valence-electron chi connectivity index (χ3n) is 3.76. The standard InChI is InChI=1S/C18H21N3O3/c1-4-12(2)19-17(23)13-5-7-15(8-6-13)20-18(24)14-9-10-21(3)16(22)11-14/h5-12H,4H2,1-3H3,(H,19,23)(H,20,24)/t12-/m0/s1. The highest BCUT2D eigenvalue weighted by atomic mass is 16.2. The predicted octanol–water partition coefficient (Wildman–Crippen LogP) is 2.17. The van der Waals surface area contributed by atoms with E-state index in [1.807, 2.05) is 13.8 Å². The first-order valence-electron chi connectivity index (χ1n) is 7.79. The second-order valence-corrected chi connectivity index (χ2v) is 5.68. The fourth-order valence-corrected chi connectivity index (χ4v) is 2.01. The van der Waals surface area contributed by atoms with Gasteiger partial charge in [0.15, 0.2) is 0 Å². The van der Waals surface area contributed by atoms with Gasteiger partial charge in [-0.15, -0.1) is 0 Å². The summed E-state index contributed by atoms with van der Waals surface area (Å²) in [5, 5.41) is 5.58. The van der Waals surface area contributed by atoms with Crippen molar-refractivity contribution in [3.63, 3.8) is 0 Å². The van der Waals surface area contributed by atoms with Gasteiger partial charge in [0, 0.05) is 42.2 Å². The molecule has 0 unspecified atom stereocenters. The average Bonchev–Trinajstić information content (AvgIpc) is 2.57. The van der Waals surface area contributed by atoms with Crippen LogP contribution in [-0.4, -0.2) is 22.4 Å². The van der Waals surface area contributed by atoms with E-state index < -0.39 is 0 Å². The first kappa shape index (κ1) is 17.5. The van der Waals surface area contributed by atoms with Crippen molar-refractivity contribution in [1.29, 1.82) is 0 Å². The third kappa shape index (κ3) is 4.32. The quantitative estimate of drug-likeness (QED) is 0.883. The van der Waals surface area contributed by atoms with Crippen molar-refractivity contribution in [1.82, 2.24) is 9.88 Å². The van der Waals surface area contributed by atoms with E-state index in [4.69, 9.17) is 0 Å². The highest BCUT2D eigenvalue weighted by molar-refractivity contribution is 6.04. The molecule has 1 heterocycles. The van der Waals surface area contributed by atoms with E-state index in [0.29, 0.717) is 11.3 Å². The molecular formula is C18H21N3O3. The second kappa shape index (κ2) is 7.59. The Labute approximate surface area is 140 Å². The van der Waals surface area contributed by atoms with E-state index in [2.05, 4.69) is 10.6 Å². The molecule has 0 saturated carbocycles. The van der Waals surface area contributed by atoms with Crippen LogP contribution in [0.1, 0.15) is 41.0 Å². The molecule has 24 heavy (non-hydrogen) atoms. The first-order valence-corrected chi connectivity index (χ1v) is 7.79. The van der Waals surface area contributed by atoms with E-state index in [1.165, 1.54) is 10.6 Å². The number of amides is 2. The van der Waals surface area contributed by atoms with Crippen molar-refractivity contribution in [3.05, 3.63) is 64.1 Å². The topological polar surface area (TPSA) is 80.2 Å². The number of hydrogen-bond donors (Lipinski definition) is 2. The molecule has 126 valence electrons. The molecule has 1 aromatic carbocycles. The van der Waals surface area contributed by atoms with Gasteiger partial charge in [0.2, 0.25) is 0 Å². The number of benzene rings is 1.